The quantitative estimate of drug-likeness (QED) is 0.543. The number of nitro groups is 1. The molecule has 1 N–H and O–H groups in total. The van der Waals surface area contributed by atoms with E-state index in [-0.39, 0.29) is 5.69 Å². The van der Waals surface area contributed by atoms with Crippen LogP contribution < -0.4 is 0 Å². The molecule has 0 aliphatic rings. The second-order valence-electron chi connectivity index (χ2n) is 4.58. The average molecular weight is 334 g/mol. The summed E-state index contributed by atoms with van der Waals surface area (Å²) in [5, 5.41) is 11.9. The summed E-state index contributed by atoms with van der Waals surface area (Å²) in [6.07, 6.45) is 1.63. The van der Waals surface area contributed by atoms with E-state index in [1.54, 1.807) is 36.5 Å². The Morgan fingerprint density at radius 2 is 1.95 bits per heavy atom. The molecule has 2 aromatic carbocycles. The van der Waals surface area contributed by atoms with Crippen LogP contribution in [-0.2, 0) is 0 Å². The molecular formula is C15H9Cl2N3O2. The van der Waals surface area contributed by atoms with Gasteiger partial charge in [-0.2, -0.15) is 0 Å². The normalized spacial score (nSPS) is 10.6. The Kier molecular flexibility index (Phi) is 3.83. The highest BCUT2D eigenvalue weighted by atomic mass is 35.5. The maximum atomic E-state index is 10.8. The molecule has 0 saturated heterocycles. The van der Waals surface area contributed by atoms with Gasteiger partial charge < -0.3 is 4.98 Å². The van der Waals surface area contributed by atoms with Crippen molar-refractivity contribution in [2.24, 2.45) is 0 Å². The molecule has 0 bridgehead atoms. The fourth-order valence-electron chi connectivity index (χ4n) is 2.08. The Morgan fingerprint density at radius 1 is 1.14 bits per heavy atom. The number of rotatable bonds is 3. The smallest absolute Gasteiger partial charge is 0.270 e. The zero-order valence-corrected chi connectivity index (χ0v) is 12.6. The number of non-ortho nitro benzene ring substituents is 1. The van der Waals surface area contributed by atoms with Crippen LogP contribution in [0, 0.1) is 10.1 Å². The van der Waals surface area contributed by atoms with E-state index in [1.807, 2.05) is 0 Å². The van der Waals surface area contributed by atoms with Crippen LogP contribution in [0.3, 0.4) is 0 Å². The predicted octanol–water partition coefficient (Wildman–Crippen LogP) is 4.96. The Balaban J connectivity index is 2.00. The molecule has 0 radical (unpaired) electrons. The molecule has 3 rings (SSSR count). The first-order valence-electron chi connectivity index (χ1n) is 6.30. The number of hydrogen-bond acceptors (Lipinski definition) is 3. The SMILES string of the molecule is O=[N+]([O-])c1cccc(-c2ncc(-c3ccc(Cl)cc3Cl)[nH]2)c1. The lowest BCUT2D eigenvalue weighted by Gasteiger charge is -2.02. The molecule has 22 heavy (non-hydrogen) atoms. The number of nitrogens with zero attached hydrogens (tertiary/aromatic N) is 2. The van der Waals surface area contributed by atoms with Gasteiger partial charge in [-0.15, -0.1) is 0 Å². The Hall–Kier alpha value is -2.37. The molecule has 0 aliphatic carbocycles. The topological polar surface area (TPSA) is 71.8 Å². The summed E-state index contributed by atoms with van der Waals surface area (Å²) < 4.78 is 0. The molecule has 3 aromatic rings. The van der Waals surface area contributed by atoms with Crippen LogP contribution in [-0.4, -0.2) is 14.9 Å². The van der Waals surface area contributed by atoms with Crippen molar-refractivity contribution in [3.05, 3.63) is 68.8 Å². The third kappa shape index (κ3) is 2.81. The molecule has 0 spiro atoms. The molecule has 1 heterocycles. The van der Waals surface area contributed by atoms with Gasteiger partial charge >= 0.3 is 0 Å². The number of aromatic amines is 1. The van der Waals surface area contributed by atoms with Gasteiger partial charge in [0.2, 0.25) is 0 Å². The summed E-state index contributed by atoms with van der Waals surface area (Å²) in [5.41, 5.74) is 2.11. The molecule has 110 valence electrons. The summed E-state index contributed by atoms with van der Waals surface area (Å²) in [5.74, 6) is 0.532. The summed E-state index contributed by atoms with van der Waals surface area (Å²) in [6, 6.07) is 11.4. The first-order chi connectivity index (χ1) is 10.5. The highest BCUT2D eigenvalue weighted by Crippen LogP contribution is 2.31. The van der Waals surface area contributed by atoms with Crippen molar-refractivity contribution >= 4 is 28.9 Å². The number of aromatic nitrogens is 2. The van der Waals surface area contributed by atoms with Crippen LogP contribution in [0.15, 0.2) is 48.7 Å². The summed E-state index contributed by atoms with van der Waals surface area (Å²) in [4.78, 5) is 17.8. The Bertz CT molecular complexity index is 861. The monoisotopic (exact) mass is 333 g/mol. The van der Waals surface area contributed by atoms with Gasteiger partial charge in [0, 0.05) is 28.3 Å². The van der Waals surface area contributed by atoms with Crippen molar-refractivity contribution in [1.82, 2.24) is 9.97 Å². The maximum Gasteiger partial charge on any atom is 0.270 e. The minimum absolute atomic E-state index is 0.0139. The van der Waals surface area contributed by atoms with Crippen LogP contribution in [0.5, 0.6) is 0 Å². The second kappa shape index (κ2) is 5.79. The average Bonchev–Trinajstić information content (AvgIpc) is 2.97. The van der Waals surface area contributed by atoms with Crippen LogP contribution in [0.2, 0.25) is 10.0 Å². The van der Waals surface area contributed by atoms with E-state index >= 15 is 0 Å². The molecule has 5 nitrogen and oxygen atoms in total. The predicted molar refractivity (Wildman–Crippen MR) is 86.1 cm³/mol. The Morgan fingerprint density at radius 3 is 2.68 bits per heavy atom. The van der Waals surface area contributed by atoms with E-state index in [2.05, 4.69) is 9.97 Å². The van der Waals surface area contributed by atoms with Gasteiger partial charge in [0.15, 0.2) is 0 Å². The van der Waals surface area contributed by atoms with Gasteiger partial charge in [-0.1, -0.05) is 35.3 Å². The molecular weight excluding hydrogens is 325 g/mol. The van der Waals surface area contributed by atoms with Crippen molar-refractivity contribution in [3.63, 3.8) is 0 Å². The summed E-state index contributed by atoms with van der Waals surface area (Å²) >= 11 is 12.0. The lowest BCUT2D eigenvalue weighted by Crippen LogP contribution is -1.89. The molecule has 0 amide bonds. The van der Waals surface area contributed by atoms with E-state index in [9.17, 15) is 10.1 Å². The van der Waals surface area contributed by atoms with Crippen LogP contribution in [0.25, 0.3) is 22.6 Å². The van der Waals surface area contributed by atoms with Crippen molar-refractivity contribution in [2.45, 2.75) is 0 Å². The molecule has 1 aromatic heterocycles. The number of hydrogen-bond donors (Lipinski definition) is 1. The third-order valence-electron chi connectivity index (χ3n) is 3.13. The standard InChI is InChI=1S/C15H9Cl2N3O2/c16-10-4-5-12(13(17)7-10)14-8-18-15(19-14)9-2-1-3-11(6-9)20(21)22/h1-8H,(H,18,19). The number of benzene rings is 2. The molecule has 0 unspecified atom stereocenters. The van der Waals surface area contributed by atoms with Crippen LogP contribution in [0.1, 0.15) is 0 Å². The van der Waals surface area contributed by atoms with Crippen molar-refractivity contribution in [1.29, 1.82) is 0 Å². The van der Waals surface area contributed by atoms with Gasteiger partial charge in [0.25, 0.3) is 5.69 Å². The van der Waals surface area contributed by atoms with Gasteiger partial charge in [-0.3, -0.25) is 10.1 Å². The minimum atomic E-state index is -0.441. The number of halogens is 2. The van der Waals surface area contributed by atoms with Gasteiger partial charge in [0.1, 0.15) is 5.82 Å². The highest BCUT2D eigenvalue weighted by Gasteiger charge is 2.12. The lowest BCUT2D eigenvalue weighted by molar-refractivity contribution is -0.384. The van der Waals surface area contributed by atoms with E-state index < -0.39 is 4.92 Å². The molecule has 0 fully saturated rings. The van der Waals surface area contributed by atoms with Crippen molar-refractivity contribution in [3.8, 4) is 22.6 Å². The highest BCUT2D eigenvalue weighted by molar-refractivity contribution is 6.36. The zero-order chi connectivity index (χ0) is 15.7. The number of H-pyrrole nitrogens is 1. The zero-order valence-electron chi connectivity index (χ0n) is 11.1. The van der Waals surface area contributed by atoms with E-state index in [4.69, 9.17) is 23.2 Å². The molecule has 7 heteroatoms. The number of nitro benzene ring substituents is 1. The van der Waals surface area contributed by atoms with Crippen LogP contribution in [0.4, 0.5) is 5.69 Å². The fraction of sp³-hybridized carbons (Fsp3) is 0. The summed E-state index contributed by atoms with van der Waals surface area (Å²) in [7, 11) is 0. The van der Waals surface area contributed by atoms with E-state index in [0.29, 0.717) is 27.1 Å². The van der Waals surface area contributed by atoms with Crippen LogP contribution >= 0.6 is 23.2 Å². The lowest BCUT2D eigenvalue weighted by atomic mass is 10.1. The minimum Gasteiger partial charge on any atom is -0.338 e. The van der Waals surface area contributed by atoms with E-state index in [1.165, 1.54) is 12.1 Å². The van der Waals surface area contributed by atoms with Crippen molar-refractivity contribution in [2.75, 3.05) is 0 Å². The van der Waals surface area contributed by atoms with Crippen molar-refractivity contribution < 1.29 is 4.92 Å². The fourth-order valence-corrected chi connectivity index (χ4v) is 2.59. The second-order valence-corrected chi connectivity index (χ2v) is 5.42. The molecule has 0 saturated carbocycles. The Labute approximate surface area is 135 Å². The first-order valence-corrected chi connectivity index (χ1v) is 7.05. The molecule has 0 aliphatic heterocycles. The maximum absolute atomic E-state index is 10.8. The molecule has 0 atom stereocenters. The third-order valence-corrected chi connectivity index (χ3v) is 3.68. The largest absolute Gasteiger partial charge is 0.338 e. The first kappa shape index (κ1) is 14.6. The van der Waals surface area contributed by atoms with Gasteiger partial charge in [-0.05, 0) is 18.2 Å². The van der Waals surface area contributed by atoms with Gasteiger partial charge in [-0.25, -0.2) is 4.98 Å². The van der Waals surface area contributed by atoms with E-state index in [0.717, 1.165) is 5.56 Å². The summed E-state index contributed by atoms with van der Waals surface area (Å²) in [6.45, 7) is 0. The number of nitrogens with one attached hydrogen (secondary N) is 1. The van der Waals surface area contributed by atoms with Gasteiger partial charge in [0.05, 0.1) is 21.8 Å². The number of imidazole rings is 1.